The summed E-state index contributed by atoms with van der Waals surface area (Å²) >= 11 is 0. The van der Waals surface area contributed by atoms with Crippen molar-refractivity contribution in [1.82, 2.24) is 0 Å². The molecule has 1 aromatic rings. The van der Waals surface area contributed by atoms with Gasteiger partial charge in [0, 0.05) is 0 Å². The lowest BCUT2D eigenvalue weighted by molar-refractivity contribution is -0.0500. The Labute approximate surface area is 89.7 Å². The molecule has 0 amide bonds. The molecule has 0 aliphatic heterocycles. The summed E-state index contributed by atoms with van der Waals surface area (Å²) < 4.78 is 28.1. The normalized spacial score (nSPS) is 9.94. The van der Waals surface area contributed by atoms with Crippen molar-refractivity contribution in [3.8, 4) is 11.8 Å². The molecule has 0 bridgehead atoms. The molecule has 0 fully saturated rings. The number of hydrogen-bond donors (Lipinski definition) is 1. The van der Waals surface area contributed by atoms with Crippen molar-refractivity contribution in [3.05, 3.63) is 28.8 Å². The molecule has 1 aromatic carbocycles. The van der Waals surface area contributed by atoms with Crippen LogP contribution in [-0.4, -0.2) is 17.7 Å². The van der Waals surface area contributed by atoms with Gasteiger partial charge in [0.1, 0.15) is 11.8 Å². The van der Waals surface area contributed by atoms with Gasteiger partial charge < -0.3 is 9.84 Å². The molecular weight excluding hydrogens is 220 g/mol. The Hall–Kier alpha value is -2.16. The van der Waals surface area contributed by atoms with Gasteiger partial charge in [-0.2, -0.15) is 14.0 Å². The fraction of sp³-hybridized carbons (Fsp3) is 0.200. The number of alkyl halides is 2. The highest BCUT2D eigenvalue weighted by Crippen LogP contribution is 2.25. The molecule has 0 heterocycles. The maximum absolute atomic E-state index is 12.0. The second-order valence-electron chi connectivity index (χ2n) is 2.91. The highest BCUT2D eigenvalue weighted by atomic mass is 19.3. The van der Waals surface area contributed by atoms with Crippen LogP contribution in [-0.2, 0) is 0 Å². The summed E-state index contributed by atoms with van der Waals surface area (Å²) in [4.78, 5) is 10.7. The van der Waals surface area contributed by atoms with Crippen molar-refractivity contribution in [3.63, 3.8) is 0 Å². The summed E-state index contributed by atoms with van der Waals surface area (Å²) in [6, 6.07) is 3.81. The number of nitriles is 1. The van der Waals surface area contributed by atoms with E-state index in [9.17, 15) is 13.6 Å². The first-order chi connectivity index (χ1) is 7.47. The Morgan fingerprint density at radius 2 is 2.19 bits per heavy atom. The number of rotatable bonds is 3. The third kappa shape index (κ3) is 2.25. The molecule has 0 spiro atoms. The van der Waals surface area contributed by atoms with Gasteiger partial charge >= 0.3 is 12.6 Å². The van der Waals surface area contributed by atoms with Crippen molar-refractivity contribution in [2.24, 2.45) is 0 Å². The Kier molecular flexibility index (Phi) is 3.40. The fourth-order valence-electron chi connectivity index (χ4n) is 1.25. The number of benzene rings is 1. The Bertz CT molecular complexity index is 466. The molecule has 0 aromatic heterocycles. The van der Waals surface area contributed by atoms with E-state index >= 15 is 0 Å². The molecule has 0 atom stereocenters. The van der Waals surface area contributed by atoms with Gasteiger partial charge in [0.2, 0.25) is 0 Å². The van der Waals surface area contributed by atoms with Crippen LogP contribution in [0, 0.1) is 18.3 Å². The van der Waals surface area contributed by atoms with E-state index in [0.29, 0.717) is 0 Å². The third-order valence-corrected chi connectivity index (χ3v) is 1.99. The van der Waals surface area contributed by atoms with Crippen LogP contribution in [0.2, 0.25) is 0 Å². The van der Waals surface area contributed by atoms with Crippen molar-refractivity contribution < 1.29 is 23.4 Å². The van der Waals surface area contributed by atoms with Crippen LogP contribution in [0.5, 0.6) is 5.75 Å². The molecule has 1 N–H and O–H groups in total. The molecule has 0 aliphatic rings. The van der Waals surface area contributed by atoms with E-state index in [0.717, 1.165) is 12.1 Å². The highest BCUT2D eigenvalue weighted by molar-refractivity contribution is 5.90. The van der Waals surface area contributed by atoms with E-state index in [4.69, 9.17) is 10.4 Å². The van der Waals surface area contributed by atoms with E-state index in [-0.39, 0.29) is 22.4 Å². The Morgan fingerprint density at radius 3 is 2.62 bits per heavy atom. The smallest absolute Gasteiger partial charge is 0.387 e. The fourth-order valence-corrected chi connectivity index (χ4v) is 1.25. The van der Waals surface area contributed by atoms with E-state index < -0.39 is 12.6 Å². The lowest BCUT2D eigenvalue weighted by atomic mass is 10.0. The van der Waals surface area contributed by atoms with Crippen LogP contribution in [0.15, 0.2) is 12.1 Å². The largest absolute Gasteiger partial charge is 0.478 e. The predicted molar refractivity (Wildman–Crippen MR) is 49.5 cm³/mol. The average Bonchev–Trinajstić information content (AvgIpc) is 2.16. The lowest BCUT2D eigenvalue weighted by Crippen LogP contribution is -2.07. The van der Waals surface area contributed by atoms with E-state index in [1.54, 1.807) is 6.07 Å². The Balaban J connectivity index is 3.31. The van der Waals surface area contributed by atoms with Crippen LogP contribution in [0.4, 0.5) is 8.78 Å². The average molecular weight is 227 g/mol. The molecule has 84 valence electrons. The maximum atomic E-state index is 12.0. The summed E-state index contributed by atoms with van der Waals surface area (Å²) in [5.74, 6) is -1.54. The van der Waals surface area contributed by atoms with Crippen LogP contribution in [0.1, 0.15) is 21.5 Å². The first kappa shape index (κ1) is 11.9. The van der Waals surface area contributed by atoms with Gasteiger partial charge in [-0.25, -0.2) is 4.79 Å². The SMILES string of the molecule is Cc1c(C(=O)O)ccc(OC(F)F)c1C#N. The molecule has 0 aliphatic carbocycles. The summed E-state index contributed by atoms with van der Waals surface area (Å²) in [5.41, 5.74) is -0.202. The summed E-state index contributed by atoms with van der Waals surface area (Å²) in [7, 11) is 0. The monoisotopic (exact) mass is 227 g/mol. The molecule has 0 saturated heterocycles. The van der Waals surface area contributed by atoms with Gasteiger partial charge in [-0.1, -0.05) is 0 Å². The van der Waals surface area contributed by atoms with Crippen molar-refractivity contribution in [2.75, 3.05) is 0 Å². The number of carbonyl (C=O) groups is 1. The minimum atomic E-state index is -3.05. The van der Waals surface area contributed by atoms with E-state index in [1.807, 2.05) is 0 Å². The van der Waals surface area contributed by atoms with Crippen LogP contribution in [0.25, 0.3) is 0 Å². The maximum Gasteiger partial charge on any atom is 0.387 e. The number of nitrogens with zero attached hydrogens (tertiary/aromatic N) is 1. The zero-order chi connectivity index (χ0) is 12.3. The lowest BCUT2D eigenvalue weighted by Gasteiger charge is -2.09. The molecular formula is C10H7F2NO3. The predicted octanol–water partition coefficient (Wildman–Crippen LogP) is 2.17. The zero-order valence-electron chi connectivity index (χ0n) is 8.20. The second-order valence-corrected chi connectivity index (χ2v) is 2.91. The number of hydrogen-bond acceptors (Lipinski definition) is 3. The minimum absolute atomic E-state index is 0.105. The summed E-state index contributed by atoms with van der Waals surface area (Å²) in [6.45, 7) is -1.69. The molecule has 0 unspecified atom stereocenters. The topological polar surface area (TPSA) is 70.3 Å². The third-order valence-electron chi connectivity index (χ3n) is 1.99. The van der Waals surface area contributed by atoms with Crippen molar-refractivity contribution in [2.45, 2.75) is 13.5 Å². The number of carboxylic acid groups (broad SMARTS) is 1. The van der Waals surface area contributed by atoms with Gasteiger partial charge in [0.05, 0.1) is 11.1 Å². The number of aromatic carboxylic acids is 1. The van der Waals surface area contributed by atoms with Gasteiger partial charge in [-0.15, -0.1) is 0 Å². The van der Waals surface area contributed by atoms with Crippen molar-refractivity contribution in [1.29, 1.82) is 5.26 Å². The van der Waals surface area contributed by atoms with E-state index in [2.05, 4.69) is 4.74 Å². The quantitative estimate of drug-likeness (QED) is 0.858. The number of ether oxygens (including phenoxy) is 1. The molecule has 0 saturated carbocycles. The zero-order valence-corrected chi connectivity index (χ0v) is 8.20. The molecule has 4 nitrogen and oxygen atoms in total. The second kappa shape index (κ2) is 4.57. The van der Waals surface area contributed by atoms with Crippen molar-refractivity contribution >= 4 is 5.97 Å². The first-order valence-electron chi connectivity index (χ1n) is 4.19. The number of carboxylic acids is 1. The van der Waals surface area contributed by atoms with Crippen LogP contribution in [0.3, 0.4) is 0 Å². The summed E-state index contributed by atoms with van der Waals surface area (Å²) in [5, 5.41) is 17.5. The first-order valence-corrected chi connectivity index (χ1v) is 4.19. The molecule has 16 heavy (non-hydrogen) atoms. The number of halogens is 2. The standard InChI is InChI=1S/C10H7F2NO3/c1-5-6(9(14)15)2-3-8(7(5)4-13)16-10(11)12/h2-3,10H,1H3,(H,14,15). The molecule has 0 radical (unpaired) electrons. The van der Waals surface area contributed by atoms with Gasteiger partial charge in [0.25, 0.3) is 0 Å². The van der Waals surface area contributed by atoms with Gasteiger partial charge in [-0.05, 0) is 24.6 Å². The van der Waals surface area contributed by atoms with Gasteiger partial charge in [-0.3, -0.25) is 0 Å². The Morgan fingerprint density at radius 1 is 1.56 bits per heavy atom. The van der Waals surface area contributed by atoms with Crippen LogP contribution < -0.4 is 4.74 Å². The van der Waals surface area contributed by atoms with Crippen LogP contribution >= 0.6 is 0 Å². The van der Waals surface area contributed by atoms with Gasteiger partial charge in [0.15, 0.2) is 0 Å². The summed E-state index contributed by atoms with van der Waals surface area (Å²) in [6.07, 6.45) is 0. The highest BCUT2D eigenvalue weighted by Gasteiger charge is 2.17. The van der Waals surface area contributed by atoms with E-state index in [1.165, 1.54) is 6.92 Å². The molecule has 1 rings (SSSR count). The molecule has 6 heteroatoms. The minimum Gasteiger partial charge on any atom is -0.478 e.